The molecule has 0 saturated heterocycles. The van der Waals surface area contributed by atoms with Crippen molar-refractivity contribution < 1.29 is 23.9 Å². The van der Waals surface area contributed by atoms with Crippen LogP contribution >= 0.6 is 0 Å². The second kappa shape index (κ2) is 11.8. The number of carbonyl (C=O) groups is 3. The summed E-state index contributed by atoms with van der Waals surface area (Å²) in [5.41, 5.74) is 3.65. The standard InChI is InChI=1S/C22H22N2O5/c1-2-3-6-15-20(25)24(22(27)29-17-19-13-9-5-10-14-19)23-21(26)28-16-18-11-7-4-8-12-18/h1,4-5,7-14H,3,6,15-17H2,(H,23,26). The Bertz CT molecular complexity index is 847. The number of unbranched alkanes of at least 4 members (excludes halogenated alkanes) is 1. The van der Waals surface area contributed by atoms with Crippen molar-refractivity contribution in [3.05, 3.63) is 71.8 Å². The third-order valence-corrected chi connectivity index (χ3v) is 3.76. The van der Waals surface area contributed by atoms with Crippen LogP contribution in [0.4, 0.5) is 9.59 Å². The maximum atomic E-state index is 12.4. The lowest BCUT2D eigenvalue weighted by atomic mass is 10.2. The van der Waals surface area contributed by atoms with E-state index in [1.54, 1.807) is 48.5 Å². The van der Waals surface area contributed by atoms with Crippen molar-refractivity contribution in [2.24, 2.45) is 0 Å². The third kappa shape index (κ3) is 7.77. The van der Waals surface area contributed by atoms with E-state index in [4.69, 9.17) is 15.9 Å². The van der Waals surface area contributed by atoms with Gasteiger partial charge in [0.2, 0.25) is 0 Å². The zero-order valence-corrected chi connectivity index (χ0v) is 15.9. The van der Waals surface area contributed by atoms with E-state index >= 15 is 0 Å². The number of ether oxygens (including phenoxy) is 2. The first-order valence-corrected chi connectivity index (χ1v) is 9.04. The normalized spacial score (nSPS) is 9.76. The van der Waals surface area contributed by atoms with Crippen molar-refractivity contribution >= 4 is 18.1 Å². The predicted octanol–water partition coefficient (Wildman–Crippen LogP) is 3.80. The van der Waals surface area contributed by atoms with E-state index in [2.05, 4.69) is 11.3 Å². The number of carbonyl (C=O) groups excluding carboxylic acids is 3. The van der Waals surface area contributed by atoms with Gasteiger partial charge < -0.3 is 9.47 Å². The van der Waals surface area contributed by atoms with Crippen LogP contribution in [0.2, 0.25) is 0 Å². The number of nitrogens with zero attached hydrogens (tertiary/aromatic N) is 1. The number of hydrogen-bond acceptors (Lipinski definition) is 5. The Balaban J connectivity index is 1.95. The minimum atomic E-state index is -1.00. The number of terminal acetylenes is 1. The highest BCUT2D eigenvalue weighted by Crippen LogP contribution is 2.06. The Kier molecular flexibility index (Phi) is 8.77. The smallest absolute Gasteiger partial charge is 0.436 e. The average molecular weight is 394 g/mol. The van der Waals surface area contributed by atoms with E-state index in [9.17, 15) is 14.4 Å². The van der Waals surface area contributed by atoms with E-state index in [0.29, 0.717) is 17.9 Å². The minimum absolute atomic E-state index is 0.00907. The molecule has 0 aliphatic carbocycles. The van der Waals surface area contributed by atoms with Crippen molar-refractivity contribution in [1.82, 2.24) is 10.4 Å². The second-order valence-electron chi connectivity index (χ2n) is 6.00. The minimum Gasteiger partial charge on any atom is -0.443 e. The number of benzene rings is 2. The van der Waals surface area contributed by atoms with Crippen LogP contribution in [0.25, 0.3) is 0 Å². The van der Waals surface area contributed by atoms with Crippen molar-refractivity contribution in [3.63, 3.8) is 0 Å². The van der Waals surface area contributed by atoms with Crippen LogP contribution < -0.4 is 5.43 Å². The van der Waals surface area contributed by atoms with Gasteiger partial charge in [0.05, 0.1) is 0 Å². The van der Waals surface area contributed by atoms with Crippen LogP contribution in [0.15, 0.2) is 60.7 Å². The highest BCUT2D eigenvalue weighted by Gasteiger charge is 2.25. The van der Waals surface area contributed by atoms with Crippen LogP contribution in [-0.2, 0) is 27.5 Å². The van der Waals surface area contributed by atoms with Gasteiger partial charge in [-0.3, -0.25) is 4.79 Å². The zero-order valence-electron chi connectivity index (χ0n) is 15.9. The quantitative estimate of drug-likeness (QED) is 0.439. The second-order valence-corrected chi connectivity index (χ2v) is 6.00. The van der Waals surface area contributed by atoms with Gasteiger partial charge in [0.15, 0.2) is 0 Å². The van der Waals surface area contributed by atoms with Gasteiger partial charge in [0.1, 0.15) is 13.2 Å². The van der Waals surface area contributed by atoms with Gasteiger partial charge >= 0.3 is 12.2 Å². The van der Waals surface area contributed by atoms with Gasteiger partial charge in [-0.1, -0.05) is 60.7 Å². The fourth-order valence-corrected chi connectivity index (χ4v) is 2.29. The molecule has 0 fully saturated rings. The Hall–Kier alpha value is -3.79. The Morgan fingerprint density at radius 2 is 1.45 bits per heavy atom. The van der Waals surface area contributed by atoms with E-state index in [-0.39, 0.29) is 19.6 Å². The molecule has 2 rings (SSSR count). The molecule has 0 atom stereocenters. The molecule has 2 aromatic carbocycles. The summed E-state index contributed by atoms with van der Waals surface area (Å²) in [6, 6.07) is 18.0. The van der Waals surface area contributed by atoms with Crippen LogP contribution in [0.3, 0.4) is 0 Å². The monoisotopic (exact) mass is 394 g/mol. The van der Waals surface area contributed by atoms with Crippen molar-refractivity contribution in [1.29, 1.82) is 0 Å². The third-order valence-electron chi connectivity index (χ3n) is 3.76. The maximum absolute atomic E-state index is 12.4. The fourth-order valence-electron chi connectivity index (χ4n) is 2.29. The zero-order chi connectivity index (χ0) is 20.9. The van der Waals surface area contributed by atoms with Gasteiger partial charge in [-0.05, 0) is 17.5 Å². The fraction of sp³-hybridized carbons (Fsp3) is 0.227. The molecule has 2 aromatic rings. The maximum Gasteiger partial charge on any atom is 0.436 e. The summed E-state index contributed by atoms with van der Waals surface area (Å²) >= 11 is 0. The van der Waals surface area contributed by atoms with Crippen LogP contribution in [0.5, 0.6) is 0 Å². The number of nitrogens with one attached hydrogen (secondary N) is 1. The summed E-state index contributed by atoms with van der Waals surface area (Å²) in [5, 5.41) is 0.521. The van der Waals surface area contributed by atoms with Gasteiger partial charge in [-0.2, -0.15) is 0 Å². The molecule has 0 aliphatic heterocycles. The Morgan fingerprint density at radius 3 is 2.00 bits per heavy atom. The summed E-state index contributed by atoms with van der Waals surface area (Å²) in [5.74, 6) is 1.77. The van der Waals surface area contributed by atoms with E-state index in [0.717, 1.165) is 11.1 Å². The molecule has 0 spiro atoms. The predicted molar refractivity (Wildman–Crippen MR) is 106 cm³/mol. The molecule has 0 bridgehead atoms. The average Bonchev–Trinajstić information content (AvgIpc) is 2.76. The molecule has 7 heteroatoms. The number of amides is 3. The Morgan fingerprint density at radius 1 is 0.897 bits per heavy atom. The molecule has 3 amide bonds. The molecule has 7 nitrogen and oxygen atoms in total. The number of rotatable bonds is 7. The molecule has 29 heavy (non-hydrogen) atoms. The van der Waals surface area contributed by atoms with Crippen LogP contribution in [0, 0.1) is 12.3 Å². The lowest BCUT2D eigenvalue weighted by molar-refractivity contribution is -0.132. The summed E-state index contributed by atoms with van der Waals surface area (Å²) in [6.45, 7) is -0.0561. The molecule has 0 heterocycles. The van der Waals surface area contributed by atoms with Gasteiger partial charge in [-0.15, -0.1) is 17.4 Å². The highest BCUT2D eigenvalue weighted by atomic mass is 16.6. The first-order chi connectivity index (χ1) is 14.1. The lowest BCUT2D eigenvalue weighted by Crippen LogP contribution is -2.50. The van der Waals surface area contributed by atoms with E-state index in [1.165, 1.54) is 0 Å². The number of imide groups is 1. The highest BCUT2D eigenvalue weighted by molar-refractivity contribution is 5.93. The summed E-state index contributed by atoms with van der Waals surface area (Å²) in [6.07, 6.45) is 3.95. The largest absolute Gasteiger partial charge is 0.443 e. The van der Waals surface area contributed by atoms with E-state index < -0.39 is 18.1 Å². The molecule has 150 valence electrons. The lowest BCUT2D eigenvalue weighted by Gasteiger charge is -2.20. The molecular weight excluding hydrogens is 372 g/mol. The number of hydrogen-bond donors (Lipinski definition) is 1. The van der Waals surface area contributed by atoms with Gasteiger partial charge in [0.25, 0.3) is 5.91 Å². The topological polar surface area (TPSA) is 84.9 Å². The molecular formula is C22H22N2O5. The van der Waals surface area contributed by atoms with Crippen LogP contribution in [0.1, 0.15) is 30.4 Å². The van der Waals surface area contributed by atoms with E-state index in [1.807, 2.05) is 12.1 Å². The SMILES string of the molecule is C#CCCCC(=O)N(NC(=O)OCc1ccccc1)C(=O)OCc1ccccc1. The first-order valence-electron chi connectivity index (χ1n) is 9.04. The Labute approximate surface area is 169 Å². The number of hydrazine groups is 1. The molecule has 0 radical (unpaired) electrons. The molecule has 0 unspecified atom stereocenters. The molecule has 1 N–H and O–H groups in total. The van der Waals surface area contributed by atoms with Crippen molar-refractivity contribution in [3.8, 4) is 12.3 Å². The summed E-state index contributed by atoms with van der Waals surface area (Å²) in [7, 11) is 0. The van der Waals surface area contributed by atoms with Crippen LogP contribution in [-0.4, -0.2) is 23.1 Å². The summed E-state index contributed by atoms with van der Waals surface area (Å²) in [4.78, 5) is 36.8. The first kappa shape index (κ1) is 21.5. The molecule has 0 aromatic heterocycles. The summed E-state index contributed by atoms with van der Waals surface area (Å²) < 4.78 is 10.2. The van der Waals surface area contributed by atoms with Crippen molar-refractivity contribution in [2.45, 2.75) is 32.5 Å². The van der Waals surface area contributed by atoms with Gasteiger partial charge in [0, 0.05) is 12.8 Å². The van der Waals surface area contributed by atoms with Gasteiger partial charge in [-0.25, -0.2) is 15.0 Å². The van der Waals surface area contributed by atoms with Crippen molar-refractivity contribution in [2.75, 3.05) is 0 Å². The molecule has 0 saturated carbocycles. The molecule has 0 aliphatic rings.